The highest BCUT2D eigenvalue weighted by Gasteiger charge is 2.53. The maximum atomic E-state index is 13.2. The standard InChI is InChI=1S/C25H39N3O2/c1-4-15-28-23(29)22(19-20(2)3)26-24(30)25(28)13-17-27(18-14-25)16-9-8-12-21-10-6-5-7-11-21/h5-7,10-11,20,22H,4,8-9,12-19H2,1-3H3,(H,26,30). The summed E-state index contributed by atoms with van der Waals surface area (Å²) in [4.78, 5) is 30.8. The third-order valence-electron chi connectivity index (χ3n) is 6.68. The van der Waals surface area contributed by atoms with E-state index in [0.717, 1.165) is 45.3 Å². The van der Waals surface area contributed by atoms with E-state index in [1.165, 1.54) is 18.4 Å². The van der Waals surface area contributed by atoms with E-state index in [9.17, 15) is 9.59 Å². The van der Waals surface area contributed by atoms with Crippen LogP contribution in [0.1, 0.15) is 64.9 Å². The minimum absolute atomic E-state index is 0.0740. The maximum Gasteiger partial charge on any atom is 0.246 e. The Morgan fingerprint density at radius 1 is 1.07 bits per heavy atom. The molecule has 2 saturated heterocycles. The van der Waals surface area contributed by atoms with Crippen LogP contribution in [0.5, 0.6) is 0 Å². The molecule has 1 aromatic carbocycles. The van der Waals surface area contributed by atoms with Crippen LogP contribution in [0.15, 0.2) is 30.3 Å². The molecule has 2 aliphatic heterocycles. The van der Waals surface area contributed by atoms with Crippen molar-refractivity contribution >= 4 is 11.8 Å². The highest BCUT2D eigenvalue weighted by Crippen LogP contribution is 2.34. The second kappa shape index (κ2) is 10.4. The van der Waals surface area contributed by atoms with Crippen molar-refractivity contribution in [1.29, 1.82) is 0 Å². The Labute approximate surface area is 182 Å². The van der Waals surface area contributed by atoms with Crippen molar-refractivity contribution in [3.05, 3.63) is 35.9 Å². The molecule has 0 radical (unpaired) electrons. The number of amides is 2. The lowest BCUT2D eigenvalue weighted by Crippen LogP contribution is -2.73. The van der Waals surface area contributed by atoms with Gasteiger partial charge in [0.05, 0.1) is 0 Å². The van der Waals surface area contributed by atoms with Gasteiger partial charge in [-0.3, -0.25) is 9.59 Å². The van der Waals surface area contributed by atoms with Gasteiger partial charge in [-0.05, 0) is 63.0 Å². The van der Waals surface area contributed by atoms with Gasteiger partial charge in [0.1, 0.15) is 11.6 Å². The van der Waals surface area contributed by atoms with E-state index in [0.29, 0.717) is 18.9 Å². The predicted molar refractivity (Wildman–Crippen MR) is 121 cm³/mol. The van der Waals surface area contributed by atoms with Crippen molar-refractivity contribution in [1.82, 2.24) is 15.1 Å². The Bertz CT molecular complexity index is 696. The molecular formula is C25H39N3O2. The summed E-state index contributed by atoms with van der Waals surface area (Å²) in [7, 11) is 0. The van der Waals surface area contributed by atoms with Crippen molar-refractivity contribution < 1.29 is 9.59 Å². The molecule has 0 aromatic heterocycles. The molecule has 5 heteroatoms. The van der Waals surface area contributed by atoms with Crippen LogP contribution in [0.2, 0.25) is 0 Å². The number of likely N-dealkylation sites (tertiary alicyclic amines) is 1. The quantitative estimate of drug-likeness (QED) is 0.629. The predicted octanol–water partition coefficient (Wildman–Crippen LogP) is 3.63. The number of piperazine rings is 1. The molecule has 5 nitrogen and oxygen atoms in total. The zero-order chi connectivity index (χ0) is 21.6. The largest absolute Gasteiger partial charge is 0.342 e. The molecule has 2 heterocycles. The molecule has 1 aromatic rings. The Kier molecular flexibility index (Phi) is 7.93. The van der Waals surface area contributed by atoms with Crippen LogP contribution in [0, 0.1) is 5.92 Å². The Balaban J connectivity index is 1.54. The Hall–Kier alpha value is -1.88. The first kappa shape index (κ1) is 22.8. The first-order valence-electron chi connectivity index (χ1n) is 11.8. The van der Waals surface area contributed by atoms with E-state index in [4.69, 9.17) is 0 Å². The number of carbonyl (C=O) groups excluding carboxylic acids is 2. The Morgan fingerprint density at radius 3 is 2.40 bits per heavy atom. The lowest BCUT2D eigenvalue weighted by atomic mass is 9.80. The smallest absolute Gasteiger partial charge is 0.246 e. The number of piperidine rings is 1. The summed E-state index contributed by atoms with van der Waals surface area (Å²) in [5.74, 6) is 0.584. The molecule has 3 rings (SSSR count). The van der Waals surface area contributed by atoms with Crippen LogP contribution in [-0.2, 0) is 16.0 Å². The number of aryl methyl sites for hydroxylation is 1. The zero-order valence-corrected chi connectivity index (χ0v) is 19.0. The fourth-order valence-electron chi connectivity index (χ4n) is 5.01. The summed E-state index contributed by atoms with van der Waals surface area (Å²) in [6.45, 7) is 9.82. The van der Waals surface area contributed by atoms with Gasteiger partial charge in [-0.15, -0.1) is 0 Å². The lowest BCUT2D eigenvalue weighted by molar-refractivity contribution is -0.161. The molecule has 2 aliphatic rings. The second-order valence-corrected chi connectivity index (χ2v) is 9.46. The van der Waals surface area contributed by atoms with Crippen molar-refractivity contribution in [2.45, 2.75) is 77.3 Å². The molecule has 0 bridgehead atoms. The van der Waals surface area contributed by atoms with Crippen LogP contribution in [0.4, 0.5) is 0 Å². The fourth-order valence-corrected chi connectivity index (χ4v) is 5.01. The third-order valence-corrected chi connectivity index (χ3v) is 6.68. The van der Waals surface area contributed by atoms with Gasteiger partial charge in [0.25, 0.3) is 0 Å². The average molecular weight is 414 g/mol. The number of nitrogens with zero attached hydrogens (tertiary/aromatic N) is 2. The van der Waals surface area contributed by atoms with Gasteiger partial charge in [0.2, 0.25) is 11.8 Å². The lowest BCUT2D eigenvalue weighted by Gasteiger charge is -2.52. The van der Waals surface area contributed by atoms with Crippen LogP contribution in [0.25, 0.3) is 0 Å². The van der Waals surface area contributed by atoms with Crippen LogP contribution in [-0.4, -0.2) is 59.4 Å². The number of hydrogen-bond acceptors (Lipinski definition) is 3. The SMILES string of the molecule is CCCN1C(=O)C(CC(C)C)NC(=O)C12CCN(CCCCc1ccccc1)CC2. The van der Waals surface area contributed by atoms with E-state index in [1.54, 1.807) is 0 Å². The molecule has 1 N–H and O–H groups in total. The molecule has 30 heavy (non-hydrogen) atoms. The van der Waals surface area contributed by atoms with Gasteiger partial charge < -0.3 is 15.1 Å². The zero-order valence-electron chi connectivity index (χ0n) is 19.0. The monoisotopic (exact) mass is 413 g/mol. The highest BCUT2D eigenvalue weighted by atomic mass is 16.2. The molecule has 2 fully saturated rings. The van der Waals surface area contributed by atoms with Crippen LogP contribution < -0.4 is 5.32 Å². The summed E-state index contributed by atoms with van der Waals surface area (Å²) >= 11 is 0. The topological polar surface area (TPSA) is 52.7 Å². The number of unbranched alkanes of at least 4 members (excludes halogenated alkanes) is 1. The third kappa shape index (κ3) is 5.23. The molecule has 1 unspecified atom stereocenters. The minimum atomic E-state index is -0.638. The molecule has 0 aliphatic carbocycles. The van der Waals surface area contributed by atoms with Gasteiger partial charge in [-0.2, -0.15) is 0 Å². The van der Waals surface area contributed by atoms with Gasteiger partial charge in [0, 0.05) is 19.6 Å². The van der Waals surface area contributed by atoms with Crippen molar-refractivity contribution in [3.63, 3.8) is 0 Å². The molecule has 0 saturated carbocycles. The molecule has 1 spiro atoms. The average Bonchev–Trinajstić information content (AvgIpc) is 2.74. The van der Waals surface area contributed by atoms with Gasteiger partial charge in [0.15, 0.2) is 0 Å². The summed E-state index contributed by atoms with van der Waals surface area (Å²) in [5.41, 5.74) is 0.764. The number of rotatable bonds is 9. The van der Waals surface area contributed by atoms with Gasteiger partial charge >= 0.3 is 0 Å². The number of nitrogens with one attached hydrogen (secondary N) is 1. The molecule has 1 atom stereocenters. The van der Waals surface area contributed by atoms with E-state index in [1.807, 2.05) is 4.90 Å². The normalized spacial score (nSPS) is 22.0. The summed E-state index contributed by atoms with van der Waals surface area (Å²) in [6, 6.07) is 10.3. The van der Waals surface area contributed by atoms with Crippen molar-refractivity contribution in [3.8, 4) is 0 Å². The van der Waals surface area contributed by atoms with E-state index >= 15 is 0 Å². The highest BCUT2D eigenvalue weighted by molar-refractivity contribution is 6.00. The maximum absolute atomic E-state index is 13.2. The molecule has 2 amide bonds. The van der Waals surface area contributed by atoms with E-state index in [-0.39, 0.29) is 17.9 Å². The first-order valence-corrected chi connectivity index (χ1v) is 11.8. The molecule has 166 valence electrons. The summed E-state index contributed by atoms with van der Waals surface area (Å²) < 4.78 is 0. The summed E-state index contributed by atoms with van der Waals surface area (Å²) in [6.07, 6.45) is 6.57. The van der Waals surface area contributed by atoms with Crippen molar-refractivity contribution in [2.75, 3.05) is 26.2 Å². The number of benzene rings is 1. The van der Waals surface area contributed by atoms with Gasteiger partial charge in [-0.25, -0.2) is 0 Å². The van der Waals surface area contributed by atoms with Crippen LogP contribution in [0.3, 0.4) is 0 Å². The summed E-state index contributed by atoms with van der Waals surface area (Å²) in [5, 5.41) is 3.08. The van der Waals surface area contributed by atoms with E-state index < -0.39 is 5.54 Å². The Morgan fingerprint density at radius 2 is 1.77 bits per heavy atom. The first-order chi connectivity index (χ1) is 14.5. The number of hydrogen-bond donors (Lipinski definition) is 1. The minimum Gasteiger partial charge on any atom is -0.342 e. The number of carbonyl (C=O) groups is 2. The fraction of sp³-hybridized carbons (Fsp3) is 0.680. The van der Waals surface area contributed by atoms with E-state index in [2.05, 4.69) is 61.3 Å². The second-order valence-electron chi connectivity index (χ2n) is 9.46. The van der Waals surface area contributed by atoms with Crippen LogP contribution >= 0.6 is 0 Å². The van der Waals surface area contributed by atoms with Gasteiger partial charge in [-0.1, -0.05) is 51.1 Å². The molecular weight excluding hydrogens is 374 g/mol. The van der Waals surface area contributed by atoms with Crippen molar-refractivity contribution in [2.24, 2.45) is 5.92 Å².